The Bertz CT molecular complexity index is 2260. The first kappa shape index (κ1) is 40.0. The largest absolute Gasteiger partial charge is 0.481 e. The molecule has 10 nitrogen and oxygen atoms in total. The molecule has 2 amide bonds. The van der Waals surface area contributed by atoms with Gasteiger partial charge in [0, 0.05) is 21.9 Å². The molecule has 0 unspecified atom stereocenters. The Morgan fingerprint density at radius 3 is 1.45 bits per heavy atom. The highest BCUT2D eigenvalue weighted by Crippen LogP contribution is 2.36. The molecule has 2 aromatic heterocycles. The molecule has 282 valence electrons. The summed E-state index contributed by atoms with van der Waals surface area (Å²) < 4.78 is 40.0. The fourth-order valence-electron chi connectivity index (χ4n) is 5.51. The molecule has 0 saturated heterocycles. The van der Waals surface area contributed by atoms with Gasteiger partial charge in [-0.2, -0.15) is 13.2 Å². The van der Waals surface area contributed by atoms with Crippen molar-refractivity contribution >= 4 is 46.4 Å². The summed E-state index contributed by atoms with van der Waals surface area (Å²) in [5.41, 5.74) is 2.46. The molecule has 0 aliphatic carbocycles. The van der Waals surface area contributed by atoms with Gasteiger partial charge in [-0.25, -0.2) is 9.97 Å². The van der Waals surface area contributed by atoms with E-state index in [4.69, 9.17) is 5.11 Å². The first-order chi connectivity index (χ1) is 26.3. The number of nitrogens with one attached hydrogen (secondary N) is 2. The maximum atomic E-state index is 13.3. The van der Waals surface area contributed by atoms with Crippen molar-refractivity contribution in [2.45, 2.75) is 38.0 Å². The SMILES string of the molecule is Cc1ccccc1[C@H](CC(=O)O)NC(=O)c1csc(-c2ccccc2)n1.O=C(O)C[C@H](NC(=O)c1csc(-c2ccccc2)n1)c1ccccc1C(F)(F)F. The molecule has 2 atom stereocenters. The van der Waals surface area contributed by atoms with E-state index in [0.29, 0.717) is 5.01 Å². The van der Waals surface area contributed by atoms with Crippen molar-refractivity contribution in [2.24, 2.45) is 0 Å². The predicted octanol–water partition coefficient (Wildman–Crippen LogP) is 8.84. The number of benzene rings is 4. The van der Waals surface area contributed by atoms with Crippen molar-refractivity contribution < 1.29 is 42.6 Å². The van der Waals surface area contributed by atoms with Crippen LogP contribution < -0.4 is 10.6 Å². The fraction of sp³-hybridized carbons (Fsp3) is 0.150. The van der Waals surface area contributed by atoms with E-state index in [2.05, 4.69) is 20.6 Å². The van der Waals surface area contributed by atoms with Crippen LogP contribution in [-0.4, -0.2) is 43.9 Å². The van der Waals surface area contributed by atoms with Gasteiger partial charge in [-0.3, -0.25) is 19.2 Å². The third-order valence-corrected chi connectivity index (χ3v) is 9.87. The summed E-state index contributed by atoms with van der Waals surface area (Å²) >= 11 is 2.59. The summed E-state index contributed by atoms with van der Waals surface area (Å²) in [5.74, 6) is -3.43. The summed E-state index contributed by atoms with van der Waals surface area (Å²) in [6, 6.07) is 28.8. The van der Waals surface area contributed by atoms with Crippen LogP contribution >= 0.6 is 22.7 Å². The van der Waals surface area contributed by atoms with Crippen LogP contribution in [-0.2, 0) is 15.8 Å². The van der Waals surface area contributed by atoms with Gasteiger partial charge in [0.15, 0.2) is 0 Å². The molecule has 4 N–H and O–H groups in total. The van der Waals surface area contributed by atoms with Crippen LogP contribution in [0.25, 0.3) is 21.1 Å². The van der Waals surface area contributed by atoms with Crippen LogP contribution in [0.1, 0.15) is 68.2 Å². The number of alkyl halides is 3. The maximum absolute atomic E-state index is 13.3. The molecule has 0 saturated carbocycles. The smallest absolute Gasteiger partial charge is 0.416 e. The van der Waals surface area contributed by atoms with Gasteiger partial charge in [-0.1, -0.05) is 103 Å². The Labute approximate surface area is 321 Å². The number of aryl methyl sites for hydroxylation is 1. The molecule has 4 aromatic carbocycles. The van der Waals surface area contributed by atoms with E-state index in [1.54, 1.807) is 5.38 Å². The third-order valence-electron chi connectivity index (χ3n) is 8.09. The van der Waals surface area contributed by atoms with Crippen LogP contribution in [0.15, 0.2) is 120 Å². The van der Waals surface area contributed by atoms with Gasteiger partial charge >= 0.3 is 18.1 Å². The molecular formula is C40H33F3N4O6S2. The van der Waals surface area contributed by atoms with Crippen LogP contribution in [0.5, 0.6) is 0 Å². The summed E-state index contributed by atoms with van der Waals surface area (Å²) in [4.78, 5) is 56.2. The van der Waals surface area contributed by atoms with Crippen molar-refractivity contribution in [2.75, 3.05) is 0 Å². The van der Waals surface area contributed by atoms with E-state index in [1.165, 1.54) is 40.2 Å². The van der Waals surface area contributed by atoms with E-state index in [1.807, 2.05) is 91.9 Å². The highest BCUT2D eigenvalue weighted by Gasteiger charge is 2.36. The Morgan fingerprint density at radius 1 is 0.618 bits per heavy atom. The zero-order valence-corrected chi connectivity index (χ0v) is 30.6. The van der Waals surface area contributed by atoms with E-state index in [9.17, 15) is 37.5 Å². The van der Waals surface area contributed by atoms with Crippen LogP contribution in [0, 0.1) is 6.92 Å². The van der Waals surface area contributed by atoms with E-state index >= 15 is 0 Å². The highest BCUT2D eigenvalue weighted by atomic mass is 32.1. The number of hydrogen-bond donors (Lipinski definition) is 4. The summed E-state index contributed by atoms with van der Waals surface area (Å²) in [6.07, 6.45) is -5.57. The zero-order valence-electron chi connectivity index (χ0n) is 29.0. The second-order valence-electron chi connectivity index (χ2n) is 12.0. The Kier molecular flexibility index (Phi) is 13.3. The molecule has 15 heteroatoms. The average Bonchev–Trinajstić information content (AvgIpc) is 3.87. The summed E-state index contributed by atoms with van der Waals surface area (Å²) in [5, 5.41) is 28.0. The first-order valence-corrected chi connectivity index (χ1v) is 18.3. The Hall–Kier alpha value is -6.19. The Morgan fingerprint density at radius 2 is 1.02 bits per heavy atom. The zero-order chi connectivity index (χ0) is 39.5. The molecule has 0 aliphatic rings. The van der Waals surface area contributed by atoms with Crippen LogP contribution in [0.4, 0.5) is 13.2 Å². The molecule has 55 heavy (non-hydrogen) atoms. The van der Waals surface area contributed by atoms with Crippen LogP contribution in [0.2, 0.25) is 0 Å². The number of amides is 2. The van der Waals surface area contributed by atoms with Gasteiger partial charge in [0.05, 0.1) is 30.5 Å². The molecular weight excluding hydrogens is 754 g/mol. The molecule has 6 aromatic rings. The number of carboxylic acid groups (broad SMARTS) is 2. The number of hydrogen-bond acceptors (Lipinski definition) is 8. The second-order valence-corrected chi connectivity index (χ2v) is 13.7. The second kappa shape index (κ2) is 18.2. The topological polar surface area (TPSA) is 159 Å². The molecule has 0 spiro atoms. The molecule has 0 aliphatic heterocycles. The van der Waals surface area contributed by atoms with E-state index < -0.39 is 48.1 Å². The lowest BCUT2D eigenvalue weighted by Gasteiger charge is -2.21. The van der Waals surface area contributed by atoms with Crippen LogP contribution in [0.3, 0.4) is 0 Å². The lowest BCUT2D eigenvalue weighted by molar-refractivity contribution is -0.140. The Balaban J connectivity index is 0.000000212. The van der Waals surface area contributed by atoms with Crippen molar-refractivity contribution in [1.29, 1.82) is 0 Å². The fourth-order valence-corrected chi connectivity index (χ4v) is 7.12. The van der Waals surface area contributed by atoms with Gasteiger partial charge in [-0.15, -0.1) is 22.7 Å². The van der Waals surface area contributed by atoms with Gasteiger partial charge < -0.3 is 20.8 Å². The standard InChI is InChI=1S/C20H15F3N2O3S.C20H18N2O3S/c21-20(22,23)14-9-5-4-8-13(14)15(10-17(26)27)24-18(28)16-11-29-19(25-16)12-6-2-1-3-7-12;1-13-7-5-6-10-15(13)16(11-18(23)24)21-19(25)17-12-26-20(22-17)14-8-3-2-4-9-14/h1-9,11,15H,10H2,(H,24,28)(H,26,27);2-10,12,16H,11H2,1H3,(H,21,25)(H,23,24)/t15-;16-/m00/s1. The number of rotatable bonds is 12. The number of aliphatic carboxylic acids is 2. The minimum atomic E-state index is -4.68. The lowest BCUT2D eigenvalue weighted by Crippen LogP contribution is -2.32. The lowest BCUT2D eigenvalue weighted by atomic mass is 9.97. The van der Waals surface area contributed by atoms with E-state index in [-0.39, 0.29) is 29.3 Å². The molecule has 0 bridgehead atoms. The molecule has 2 heterocycles. The number of carbonyl (C=O) groups is 4. The minimum Gasteiger partial charge on any atom is -0.481 e. The number of aromatic nitrogens is 2. The normalized spacial score (nSPS) is 12.1. The van der Waals surface area contributed by atoms with Crippen molar-refractivity contribution in [3.63, 3.8) is 0 Å². The number of carbonyl (C=O) groups excluding carboxylic acids is 2. The first-order valence-electron chi connectivity index (χ1n) is 16.6. The van der Waals surface area contributed by atoms with E-state index in [0.717, 1.165) is 39.4 Å². The van der Waals surface area contributed by atoms with Crippen molar-refractivity contribution in [3.05, 3.63) is 154 Å². The summed E-state index contributed by atoms with van der Waals surface area (Å²) in [6.45, 7) is 1.90. The number of thiazole rings is 2. The molecule has 6 rings (SSSR count). The van der Waals surface area contributed by atoms with Gasteiger partial charge in [-0.05, 0) is 29.7 Å². The van der Waals surface area contributed by atoms with Gasteiger partial charge in [0.25, 0.3) is 11.8 Å². The quantitative estimate of drug-likeness (QED) is 0.0958. The number of nitrogens with zero attached hydrogens (tertiary/aromatic N) is 2. The number of carboxylic acids is 2. The van der Waals surface area contributed by atoms with Gasteiger partial charge in [0.2, 0.25) is 0 Å². The monoisotopic (exact) mass is 786 g/mol. The molecule has 0 radical (unpaired) electrons. The predicted molar refractivity (Wildman–Crippen MR) is 203 cm³/mol. The maximum Gasteiger partial charge on any atom is 0.416 e. The van der Waals surface area contributed by atoms with Crippen molar-refractivity contribution in [3.8, 4) is 21.1 Å². The van der Waals surface area contributed by atoms with Gasteiger partial charge in [0.1, 0.15) is 21.4 Å². The molecule has 0 fully saturated rings. The average molecular weight is 787 g/mol. The highest BCUT2D eigenvalue weighted by molar-refractivity contribution is 7.13. The summed E-state index contributed by atoms with van der Waals surface area (Å²) in [7, 11) is 0. The van der Waals surface area contributed by atoms with Crippen molar-refractivity contribution in [1.82, 2.24) is 20.6 Å². The number of halogens is 3. The third kappa shape index (κ3) is 10.9. The minimum absolute atomic E-state index is 0.00808.